The molecule has 0 heterocycles. The maximum Gasteiger partial charge on any atom is 0.315 e. The van der Waals surface area contributed by atoms with Crippen molar-refractivity contribution in [2.45, 2.75) is 38.6 Å². The van der Waals surface area contributed by atoms with Crippen molar-refractivity contribution >= 4 is 35.5 Å². The molecule has 2 aromatic rings. The van der Waals surface area contributed by atoms with Gasteiger partial charge in [0.25, 0.3) is 0 Å². The Hall–Kier alpha value is -2.04. The number of aldehydes is 1. The van der Waals surface area contributed by atoms with E-state index in [0.29, 0.717) is 35.1 Å². The first-order valence-corrected chi connectivity index (χ1v) is 9.58. The molecule has 4 nitrogen and oxygen atoms in total. The zero-order valence-electron chi connectivity index (χ0n) is 15.7. The van der Waals surface area contributed by atoms with E-state index in [-0.39, 0.29) is 0 Å². The monoisotopic (exact) mass is 406 g/mol. The van der Waals surface area contributed by atoms with Crippen LogP contribution in [0.4, 0.5) is 4.79 Å². The highest BCUT2D eigenvalue weighted by atomic mass is 35.5. The zero-order valence-corrected chi connectivity index (χ0v) is 17.2. The molecule has 0 saturated heterocycles. The molecule has 2 rings (SSSR count). The number of hydrogen-bond donors (Lipinski definition) is 2. The summed E-state index contributed by atoms with van der Waals surface area (Å²) in [6.07, 6.45) is 1.65. The Morgan fingerprint density at radius 2 is 1.78 bits per heavy atom. The lowest BCUT2D eigenvalue weighted by molar-refractivity contribution is -0.109. The number of carbonyl (C=O) groups excluding carboxylic acids is 2. The lowest BCUT2D eigenvalue weighted by Crippen LogP contribution is -2.42. The summed E-state index contributed by atoms with van der Waals surface area (Å²) in [6, 6.07) is 10.9. The molecule has 2 aromatic carbocycles. The molecule has 144 valence electrons. The van der Waals surface area contributed by atoms with Crippen LogP contribution in [0.1, 0.15) is 42.0 Å². The Kier molecular flexibility index (Phi) is 7.69. The van der Waals surface area contributed by atoms with Gasteiger partial charge >= 0.3 is 6.03 Å². The number of amides is 2. The summed E-state index contributed by atoms with van der Waals surface area (Å²) in [5.41, 5.74) is 4.05. The number of rotatable bonds is 7. The number of nitrogens with one attached hydrogen (secondary N) is 2. The van der Waals surface area contributed by atoms with Gasteiger partial charge in [-0.15, -0.1) is 0 Å². The van der Waals surface area contributed by atoms with Crippen LogP contribution < -0.4 is 10.6 Å². The van der Waals surface area contributed by atoms with Gasteiger partial charge in [0, 0.05) is 23.5 Å². The SMILES string of the molecule is CNC(=O)NC(C=O)Cc1cc(Cl)c(Cc2cccc(C(C)C)c2)c(Cl)c1. The van der Waals surface area contributed by atoms with Crippen molar-refractivity contribution in [3.05, 3.63) is 68.7 Å². The summed E-state index contributed by atoms with van der Waals surface area (Å²) in [6.45, 7) is 4.31. The summed E-state index contributed by atoms with van der Waals surface area (Å²) < 4.78 is 0. The smallest absolute Gasteiger partial charge is 0.315 e. The molecular formula is C21H24Cl2N2O2. The first kappa shape index (κ1) is 21.3. The molecule has 2 amide bonds. The highest BCUT2D eigenvalue weighted by Crippen LogP contribution is 2.30. The Morgan fingerprint density at radius 3 is 2.33 bits per heavy atom. The van der Waals surface area contributed by atoms with Crippen LogP contribution in [-0.2, 0) is 17.6 Å². The van der Waals surface area contributed by atoms with Crippen LogP contribution in [0.5, 0.6) is 0 Å². The molecule has 0 radical (unpaired) electrons. The van der Waals surface area contributed by atoms with Gasteiger partial charge in [-0.2, -0.15) is 0 Å². The largest absolute Gasteiger partial charge is 0.341 e. The highest BCUT2D eigenvalue weighted by Gasteiger charge is 2.15. The van der Waals surface area contributed by atoms with Gasteiger partial charge in [-0.25, -0.2) is 4.79 Å². The van der Waals surface area contributed by atoms with Gasteiger partial charge in [0.15, 0.2) is 0 Å². The van der Waals surface area contributed by atoms with Crippen molar-refractivity contribution in [2.75, 3.05) is 7.05 Å². The molecule has 0 bridgehead atoms. The van der Waals surface area contributed by atoms with Gasteiger partial charge in [-0.1, -0.05) is 61.3 Å². The molecule has 0 fully saturated rings. The third kappa shape index (κ3) is 5.98. The predicted molar refractivity (Wildman–Crippen MR) is 111 cm³/mol. The lowest BCUT2D eigenvalue weighted by atomic mass is 9.96. The molecule has 0 aliphatic heterocycles. The van der Waals surface area contributed by atoms with Crippen LogP contribution >= 0.6 is 23.2 Å². The van der Waals surface area contributed by atoms with E-state index in [2.05, 4.69) is 42.7 Å². The van der Waals surface area contributed by atoms with Crippen LogP contribution in [0.3, 0.4) is 0 Å². The van der Waals surface area contributed by atoms with E-state index < -0.39 is 12.1 Å². The van der Waals surface area contributed by atoms with Crippen molar-refractivity contribution in [1.82, 2.24) is 10.6 Å². The predicted octanol–water partition coefficient (Wildman–Crippen LogP) is 4.75. The second-order valence-electron chi connectivity index (χ2n) is 6.78. The summed E-state index contributed by atoms with van der Waals surface area (Å²) in [4.78, 5) is 22.6. The van der Waals surface area contributed by atoms with Crippen LogP contribution in [0.2, 0.25) is 10.0 Å². The van der Waals surface area contributed by atoms with E-state index in [4.69, 9.17) is 23.2 Å². The molecule has 1 atom stereocenters. The van der Waals surface area contributed by atoms with Crippen molar-refractivity contribution in [1.29, 1.82) is 0 Å². The summed E-state index contributed by atoms with van der Waals surface area (Å²) in [7, 11) is 1.49. The third-order valence-corrected chi connectivity index (χ3v) is 5.04. The summed E-state index contributed by atoms with van der Waals surface area (Å²) in [5, 5.41) is 6.10. The molecule has 0 aromatic heterocycles. The molecule has 1 unspecified atom stereocenters. The molecule has 0 aliphatic carbocycles. The Bertz CT molecular complexity index is 799. The number of benzene rings is 2. The maximum absolute atomic E-state index is 11.4. The second kappa shape index (κ2) is 9.77. The Morgan fingerprint density at radius 1 is 1.11 bits per heavy atom. The molecule has 0 aliphatic rings. The molecular weight excluding hydrogens is 383 g/mol. The first-order chi connectivity index (χ1) is 12.8. The molecule has 6 heteroatoms. The molecule has 2 N–H and O–H groups in total. The number of urea groups is 1. The topological polar surface area (TPSA) is 58.2 Å². The highest BCUT2D eigenvalue weighted by molar-refractivity contribution is 6.36. The van der Waals surface area contributed by atoms with Crippen LogP contribution in [0.15, 0.2) is 36.4 Å². The van der Waals surface area contributed by atoms with Gasteiger partial charge in [0.05, 0.1) is 6.04 Å². The average Bonchev–Trinajstić information content (AvgIpc) is 2.64. The lowest BCUT2D eigenvalue weighted by Gasteiger charge is -2.15. The Balaban J connectivity index is 2.20. The minimum absolute atomic E-state index is 0.319. The molecule has 27 heavy (non-hydrogen) atoms. The molecule has 0 spiro atoms. The zero-order chi connectivity index (χ0) is 20.0. The fourth-order valence-electron chi connectivity index (χ4n) is 2.84. The van der Waals surface area contributed by atoms with Crippen LogP contribution in [0.25, 0.3) is 0 Å². The molecule has 0 saturated carbocycles. The summed E-state index contributed by atoms with van der Waals surface area (Å²) in [5.74, 6) is 0.450. The van der Waals surface area contributed by atoms with Crippen molar-refractivity contribution < 1.29 is 9.59 Å². The van der Waals surface area contributed by atoms with Gasteiger partial charge < -0.3 is 15.4 Å². The van der Waals surface area contributed by atoms with Gasteiger partial charge in [0.2, 0.25) is 0 Å². The minimum Gasteiger partial charge on any atom is -0.341 e. The first-order valence-electron chi connectivity index (χ1n) is 8.83. The minimum atomic E-state index is -0.648. The van der Waals surface area contributed by atoms with E-state index in [0.717, 1.165) is 16.7 Å². The van der Waals surface area contributed by atoms with Crippen molar-refractivity contribution in [3.8, 4) is 0 Å². The van der Waals surface area contributed by atoms with Crippen LogP contribution in [-0.4, -0.2) is 25.4 Å². The Labute approximate surface area is 170 Å². The van der Waals surface area contributed by atoms with Gasteiger partial charge in [-0.3, -0.25) is 0 Å². The average molecular weight is 407 g/mol. The van der Waals surface area contributed by atoms with E-state index in [1.165, 1.54) is 12.6 Å². The number of hydrogen-bond acceptors (Lipinski definition) is 2. The summed E-state index contributed by atoms with van der Waals surface area (Å²) >= 11 is 12.9. The second-order valence-corrected chi connectivity index (χ2v) is 7.60. The normalized spacial score (nSPS) is 11.9. The van der Waals surface area contributed by atoms with E-state index in [1.54, 1.807) is 12.1 Å². The third-order valence-electron chi connectivity index (χ3n) is 4.36. The van der Waals surface area contributed by atoms with E-state index >= 15 is 0 Å². The van der Waals surface area contributed by atoms with E-state index in [9.17, 15) is 9.59 Å². The van der Waals surface area contributed by atoms with Crippen molar-refractivity contribution in [2.24, 2.45) is 0 Å². The fourth-order valence-corrected chi connectivity index (χ4v) is 3.50. The number of carbonyl (C=O) groups is 2. The standard InChI is InChI=1S/C21H24Cl2N2O2/c1-13(2)16-6-4-5-14(7-16)9-18-19(22)10-15(11-20(18)23)8-17(12-26)25-21(27)24-3/h4-7,10-13,17H,8-9H2,1-3H3,(H2,24,25,27). The maximum atomic E-state index is 11.4. The van der Waals surface area contributed by atoms with E-state index in [1.807, 2.05) is 6.07 Å². The number of halogens is 2. The fraction of sp³-hybridized carbons (Fsp3) is 0.333. The van der Waals surface area contributed by atoms with Gasteiger partial charge in [0.1, 0.15) is 6.29 Å². The van der Waals surface area contributed by atoms with Crippen LogP contribution in [0, 0.1) is 0 Å². The van der Waals surface area contributed by atoms with Crippen molar-refractivity contribution in [3.63, 3.8) is 0 Å². The quantitative estimate of drug-likeness (QED) is 0.651. The van der Waals surface area contributed by atoms with Gasteiger partial charge in [-0.05, 0) is 46.7 Å².